The van der Waals surface area contributed by atoms with Crippen molar-refractivity contribution in [2.45, 2.75) is 27.5 Å². The first kappa shape index (κ1) is 30.6. The van der Waals surface area contributed by atoms with E-state index < -0.39 is 27.5 Å². The second-order valence-corrected chi connectivity index (χ2v) is 15.3. The number of likely N-dealkylation sites (N-methyl/N-ethyl adjacent to an activating group) is 3. The summed E-state index contributed by atoms with van der Waals surface area (Å²) in [6.07, 6.45) is 0. The quantitative estimate of drug-likeness (QED) is 0.300. The van der Waals surface area contributed by atoms with E-state index in [9.17, 15) is 9.59 Å². The van der Waals surface area contributed by atoms with E-state index in [2.05, 4.69) is 26.7 Å². The lowest BCUT2D eigenvalue weighted by molar-refractivity contribution is -0.144. The molecule has 10 nitrogen and oxygen atoms in total. The van der Waals surface area contributed by atoms with Crippen LogP contribution in [0.15, 0.2) is 119 Å². The number of halogens is 1. The molecule has 5 heterocycles. The SMILES string of the molecule is CN1CC(c2ccc(Br)cc2)C2(SC3=N[C@]4(c5ccccc5)N(C)C(=O)N(C)[C@]4(c4ccccc4)NN3C2=O)C12C(=O)Nc1ccccc12. The number of amides is 4. The molecule has 0 aromatic heterocycles. The van der Waals surface area contributed by atoms with Gasteiger partial charge in [-0.25, -0.2) is 14.8 Å². The van der Waals surface area contributed by atoms with Crippen molar-refractivity contribution in [2.24, 2.45) is 4.99 Å². The molecule has 3 saturated heterocycles. The van der Waals surface area contributed by atoms with E-state index in [1.807, 2.05) is 121 Å². The smallest absolute Gasteiger partial charge is 0.323 e. The minimum atomic E-state index is -1.38. The minimum absolute atomic E-state index is 0.253. The zero-order valence-electron chi connectivity index (χ0n) is 26.9. The zero-order valence-corrected chi connectivity index (χ0v) is 29.3. The van der Waals surface area contributed by atoms with Crippen LogP contribution in [0.3, 0.4) is 0 Å². The Kier molecular flexibility index (Phi) is 6.40. The van der Waals surface area contributed by atoms with E-state index in [1.165, 1.54) is 16.8 Å². The van der Waals surface area contributed by atoms with Crippen LogP contribution >= 0.6 is 27.7 Å². The van der Waals surface area contributed by atoms with Crippen LogP contribution in [0, 0.1) is 0 Å². The molecule has 0 saturated carbocycles. The third-order valence-corrected chi connectivity index (χ3v) is 13.2. The van der Waals surface area contributed by atoms with Crippen molar-refractivity contribution in [2.75, 3.05) is 33.0 Å². The number of urea groups is 1. The molecule has 12 heteroatoms. The van der Waals surface area contributed by atoms with Gasteiger partial charge in [0.25, 0.3) is 11.8 Å². The van der Waals surface area contributed by atoms with Crippen LogP contribution < -0.4 is 10.7 Å². The molecule has 0 radical (unpaired) electrons. The number of nitrogens with zero attached hydrogens (tertiary/aromatic N) is 5. The Morgan fingerprint density at radius 2 is 1.43 bits per heavy atom. The van der Waals surface area contributed by atoms with Crippen molar-refractivity contribution < 1.29 is 14.4 Å². The van der Waals surface area contributed by atoms with Gasteiger partial charge in [0.05, 0.1) is 0 Å². The molecule has 0 aliphatic carbocycles. The molecule has 4 aromatic rings. The van der Waals surface area contributed by atoms with E-state index >= 15 is 4.79 Å². The molecule has 5 aliphatic heterocycles. The molecular weight excluding hydrogens is 702 g/mol. The van der Waals surface area contributed by atoms with Gasteiger partial charge in [-0.2, -0.15) is 5.43 Å². The Morgan fingerprint density at radius 1 is 0.796 bits per heavy atom. The van der Waals surface area contributed by atoms with Crippen molar-refractivity contribution in [3.05, 3.63) is 136 Å². The normalized spacial score (nSPS) is 31.8. The highest BCUT2D eigenvalue weighted by Gasteiger charge is 2.80. The number of anilines is 1. The fourth-order valence-corrected chi connectivity index (χ4v) is 11.1. The highest BCUT2D eigenvalue weighted by atomic mass is 79.9. The first-order valence-electron chi connectivity index (χ1n) is 16.1. The van der Waals surface area contributed by atoms with Crippen molar-refractivity contribution >= 4 is 56.4 Å². The number of hydrogen-bond acceptors (Lipinski definition) is 7. The minimum Gasteiger partial charge on any atom is -0.324 e. The van der Waals surface area contributed by atoms with E-state index in [0.717, 1.165) is 26.7 Å². The predicted octanol–water partition coefficient (Wildman–Crippen LogP) is 5.22. The van der Waals surface area contributed by atoms with Crippen LogP contribution in [-0.2, 0) is 26.5 Å². The van der Waals surface area contributed by atoms with E-state index in [4.69, 9.17) is 4.99 Å². The molecule has 3 unspecified atom stereocenters. The number of aliphatic imine (C=N–C) groups is 1. The second-order valence-electron chi connectivity index (χ2n) is 13.2. The fourth-order valence-electron chi connectivity index (χ4n) is 9.08. The molecular formula is C37H32BrN7O3S. The van der Waals surface area contributed by atoms with Gasteiger partial charge in [0.15, 0.2) is 16.4 Å². The summed E-state index contributed by atoms with van der Waals surface area (Å²) in [5.41, 5.74) is 3.51. The summed E-state index contributed by atoms with van der Waals surface area (Å²) in [5, 5.41) is 5.04. The molecule has 5 atom stereocenters. The van der Waals surface area contributed by atoms with Gasteiger partial charge in [-0.3, -0.25) is 24.3 Å². The molecule has 0 bridgehead atoms. The number of rotatable bonds is 3. The van der Waals surface area contributed by atoms with Gasteiger partial charge in [0.1, 0.15) is 4.75 Å². The topological polar surface area (TPSA) is 101 Å². The Balaban J connectivity index is 1.35. The van der Waals surface area contributed by atoms with Crippen LogP contribution in [0.1, 0.15) is 28.2 Å². The van der Waals surface area contributed by atoms with Gasteiger partial charge in [0.2, 0.25) is 5.66 Å². The van der Waals surface area contributed by atoms with Crippen molar-refractivity contribution in [3.8, 4) is 0 Å². The Morgan fingerprint density at radius 3 is 2.12 bits per heavy atom. The van der Waals surface area contributed by atoms with Crippen LogP contribution in [0.25, 0.3) is 0 Å². The van der Waals surface area contributed by atoms with Gasteiger partial charge in [-0.15, -0.1) is 0 Å². The molecule has 49 heavy (non-hydrogen) atoms. The van der Waals surface area contributed by atoms with Crippen molar-refractivity contribution in [3.63, 3.8) is 0 Å². The average molecular weight is 735 g/mol. The number of hydrogen-bond donors (Lipinski definition) is 2. The third kappa shape index (κ3) is 3.45. The summed E-state index contributed by atoms with van der Waals surface area (Å²) >= 11 is 4.89. The lowest BCUT2D eigenvalue weighted by atomic mass is 9.72. The molecule has 4 amide bonds. The summed E-state index contributed by atoms with van der Waals surface area (Å²) < 4.78 is -0.462. The number of nitrogens with one attached hydrogen (secondary N) is 2. The van der Waals surface area contributed by atoms with E-state index in [0.29, 0.717) is 17.4 Å². The monoisotopic (exact) mass is 733 g/mol. The first-order valence-corrected chi connectivity index (χ1v) is 17.7. The zero-order chi connectivity index (χ0) is 33.9. The third-order valence-electron chi connectivity index (χ3n) is 11.2. The number of benzene rings is 4. The number of carbonyl (C=O) groups is 3. The maximum absolute atomic E-state index is 15.8. The first-order chi connectivity index (χ1) is 23.6. The van der Waals surface area contributed by atoms with Gasteiger partial charge in [-0.1, -0.05) is 119 Å². The molecule has 2 spiro atoms. The predicted molar refractivity (Wildman–Crippen MR) is 191 cm³/mol. The Hall–Kier alpha value is -4.49. The number of thioether (sulfide) groups is 1. The number of hydrazine groups is 1. The maximum atomic E-state index is 15.8. The van der Waals surface area contributed by atoms with Gasteiger partial charge >= 0.3 is 6.03 Å². The average Bonchev–Trinajstić information content (AvgIpc) is 3.74. The Labute approximate surface area is 296 Å². The second kappa shape index (κ2) is 10.3. The summed E-state index contributed by atoms with van der Waals surface area (Å²) in [4.78, 5) is 55.4. The summed E-state index contributed by atoms with van der Waals surface area (Å²) in [6.45, 7) is 0.440. The number of amidine groups is 1. The summed E-state index contributed by atoms with van der Waals surface area (Å²) in [6, 6.07) is 34.8. The summed E-state index contributed by atoms with van der Waals surface area (Å²) in [7, 11) is 5.42. The molecule has 5 aliphatic rings. The number of carbonyl (C=O) groups excluding carboxylic acids is 3. The molecule has 4 aromatic carbocycles. The fraction of sp³-hybridized carbons (Fsp3) is 0.243. The van der Waals surface area contributed by atoms with Crippen LogP contribution in [-0.4, -0.2) is 75.2 Å². The van der Waals surface area contributed by atoms with Crippen molar-refractivity contribution in [1.82, 2.24) is 25.1 Å². The van der Waals surface area contributed by atoms with Crippen LogP contribution in [0.2, 0.25) is 0 Å². The Bertz CT molecular complexity index is 2100. The van der Waals surface area contributed by atoms with E-state index in [1.54, 1.807) is 23.9 Å². The summed E-state index contributed by atoms with van der Waals surface area (Å²) in [5.74, 6) is -0.961. The highest BCUT2D eigenvalue weighted by Crippen LogP contribution is 2.67. The number of fused-ring (bicyclic) bond motifs is 5. The maximum Gasteiger partial charge on any atom is 0.323 e. The van der Waals surface area contributed by atoms with Crippen LogP contribution in [0.5, 0.6) is 0 Å². The molecule has 246 valence electrons. The van der Waals surface area contributed by atoms with Gasteiger partial charge in [0, 0.05) is 47.8 Å². The molecule has 2 N–H and O–H groups in total. The lowest BCUT2D eigenvalue weighted by Gasteiger charge is -2.51. The van der Waals surface area contributed by atoms with Crippen molar-refractivity contribution in [1.29, 1.82) is 0 Å². The number of para-hydroxylation sites is 1. The lowest BCUT2D eigenvalue weighted by Crippen LogP contribution is -2.72. The van der Waals surface area contributed by atoms with E-state index in [-0.39, 0.29) is 17.8 Å². The largest absolute Gasteiger partial charge is 0.324 e. The number of likely N-dealkylation sites (tertiary alicyclic amines) is 1. The van der Waals surface area contributed by atoms with Gasteiger partial charge < -0.3 is 5.32 Å². The standard InChI is InChI=1S/C37H32BrN7O3S/c1-42-22-28(23-18-20-26(38)21-19-23)35(34(42)27-16-10-11-17-29(27)39-30(34)46)31(47)45-32(49-35)40-36(24-12-6-4-7-13-24)37(41-45,25-14-8-5-9-15-25)44(3)33(48)43(36)2/h4-21,28,41H,22H2,1-3H3,(H,39,46)/t28?,34?,35?,36-,37+/m1/s1. The molecule has 9 rings (SSSR count). The molecule has 3 fully saturated rings. The van der Waals surface area contributed by atoms with Gasteiger partial charge in [-0.05, 0) is 36.4 Å². The highest BCUT2D eigenvalue weighted by molar-refractivity contribution is 9.10. The van der Waals surface area contributed by atoms with Crippen LogP contribution in [0.4, 0.5) is 10.5 Å².